The average molecular weight is 364 g/mol. The van der Waals surface area contributed by atoms with Crippen LogP contribution in [0.3, 0.4) is 0 Å². The number of aryl methyl sites for hydroxylation is 1. The third-order valence-corrected chi connectivity index (χ3v) is 5.45. The van der Waals surface area contributed by atoms with Crippen LogP contribution in [0.2, 0.25) is 0 Å². The van der Waals surface area contributed by atoms with Crippen LogP contribution in [0.4, 0.5) is 4.39 Å². The van der Waals surface area contributed by atoms with Gasteiger partial charge in [-0.15, -0.1) is 11.3 Å². The van der Waals surface area contributed by atoms with Gasteiger partial charge in [0.15, 0.2) is 0 Å². The molecule has 1 N–H and O–H groups in total. The van der Waals surface area contributed by atoms with E-state index in [2.05, 4.69) is 14.9 Å². The molecule has 2 atom stereocenters. The van der Waals surface area contributed by atoms with Crippen molar-refractivity contribution in [1.29, 1.82) is 0 Å². The second-order valence-corrected chi connectivity index (χ2v) is 7.34. The Kier molecular flexibility index (Phi) is 5.29. The Morgan fingerprint density at radius 1 is 1.52 bits per heavy atom. The van der Waals surface area contributed by atoms with Gasteiger partial charge in [-0.3, -0.25) is 14.5 Å². The molecular formula is C17H21FN4O2S. The van der Waals surface area contributed by atoms with Crippen LogP contribution in [0.15, 0.2) is 28.6 Å². The van der Waals surface area contributed by atoms with E-state index in [1.165, 1.54) is 18.3 Å². The summed E-state index contributed by atoms with van der Waals surface area (Å²) < 4.78 is 14.0. The predicted octanol–water partition coefficient (Wildman–Crippen LogP) is 1.82. The van der Waals surface area contributed by atoms with E-state index in [0.29, 0.717) is 31.6 Å². The number of likely N-dealkylation sites (N-methyl/N-ethyl adjacent to an activating group) is 1. The zero-order chi connectivity index (χ0) is 18.0. The number of alkyl halides is 1. The zero-order valence-electron chi connectivity index (χ0n) is 14.2. The molecule has 0 spiro atoms. The number of thiazole rings is 1. The van der Waals surface area contributed by atoms with Crippen molar-refractivity contribution in [2.75, 3.05) is 20.1 Å². The number of hydrogen-bond donors (Lipinski definition) is 1. The smallest absolute Gasteiger partial charge is 0.255 e. The van der Waals surface area contributed by atoms with Gasteiger partial charge in [0.1, 0.15) is 6.17 Å². The van der Waals surface area contributed by atoms with Crippen molar-refractivity contribution in [2.24, 2.45) is 0 Å². The van der Waals surface area contributed by atoms with E-state index in [9.17, 15) is 14.0 Å². The molecule has 0 radical (unpaired) electrons. The average Bonchev–Trinajstić information content (AvgIpc) is 3.13. The predicted molar refractivity (Wildman–Crippen MR) is 94.6 cm³/mol. The number of halogens is 1. The Labute approximate surface area is 149 Å². The lowest BCUT2D eigenvalue weighted by molar-refractivity contribution is 0.0749. The number of carbonyl (C=O) groups excluding carboxylic acids is 1. The molecule has 3 rings (SSSR count). The van der Waals surface area contributed by atoms with Crippen LogP contribution in [-0.4, -0.2) is 58.0 Å². The van der Waals surface area contributed by atoms with E-state index in [1.807, 2.05) is 6.92 Å². The monoisotopic (exact) mass is 364 g/mol. The summed E-state index contributed by atoms with van der Waals surface area (Å²) in [4.78, 5) is 35.2. The summed E-state index contributed by atoms with van der Waals surface area (Å²) in [5.41, 5.74) is 2.95. The van der Waals surface area contributed by atoms with Crippen LogP contribution in [0.25, 0.3) is 0 Å². The summed E-state index contributed by atoms with van der Waals surface area (Å²) in [6.07, 6.45) is 0.947. The topological polar surface area (TPSA) is 69.3 Å². The molecule has 1 saturated heterocycles. The summed E-state index contributed by atoms with van der Waals surface area (Å²) in [6.45, 7) is 3.43. The van der Waals surface area contributed by atoms with E-state index in [4.69, 9.17) is 0 Å². The minimum absolute atomic E-state index is 0.0341. The molecule has 1 amide bonds. The van der Waals surface area contributed by atoms with E-state index < -0.39 is 6.17 Å². The molecular weight excluding hydrogens is 343 g/mol. The molecule has 134 valence electrons. The minimum Gasteiger partial charge on any atom is -0.340 e. The van der Waals surface area contributed by atoms with Crippen molar-refractivity contribution in [3.05, 3.63) is 50.3 Å². The Morgan fingerprint density at radius 3 is 2.96 bits per heavy atom. The molecule has 1 fully saturated rings. The number of rotatable bonds is 5. The third-order valence-electron chi connectivity index (χ3n) is 4.53. The normalized spacial score (nSPS) is 20.8. The summed E-state index contributed by atoms with van der Waals surface area (Å²) in [5.74, 6) is -0.188. The van der Waals surface area contributed by atoms with Crippen molar-refractivity contribution < 1.29 is 9.18 Å². The van der Waals surface area contributed by atoms with Gasteiger partial charge in [0.25, 0.3) is 5.91 Å². The highest BCUT2D eigenvalue weighted by Gasteiger charge is 2.34. The molecule has 3 heterocycles. The van der Waals surface area contributed by atoms with Gasteiger partial charge in [0, 0.05) is 49.9 Å². The molecule has 0 aromatic carbocycles. The molecule has 2 aromatic rings. The highest BCUT2D eigenvalue weighted by molar-refractivity contribution is 7.09. The lowest BCUT2D eigenvalue weighted by Crippen LogP contribution is -2.41. The number of nitrogens with zero attached hydrogens (tertiary/aromatic N) is 3. The second-order valence-electron chi connectivity index (χ2n) is 6.40. The Balaban J connectivity index is 1.67. The molecule has 25 heavy (non-hydrogen) atoms. The number of aromatic amines is 1. The first-order valence-corrected chi connectivity index (χ1v) is 9.03. The van der Waals surface area contributed by atoms with Crippen LogP contribution >= 0.6 is 11.3 Å². The van der Waals surface area contributed by atoms with Crippen LogP contribution in [0, 0.1) is 6.92 Å². The van der Waals surface area contributed by atoms with Gasteiger partial charge in [-0.05, 0) is 19.4 Å². The first-order valence-electron chi connectivity index (χ1n) is 8.15. The van der Waals surface area contributed by atoms with Gasteiger partial charge < -0.3 is 9.88 Å². The maximum absolute atomic E-state index is 14.0. The molecule has 0 aliphatic carbocycles. The van der Waals surface area contributed by atoms with E-state index in [0.717, 1.165) is 10.6 Å². The number of aromatic nitrogens is 2. The largest absolute Gasteiger partial charge is 0.340 e. The Morgan fingerprint density at radius 2 is 2.32 bits per heavy atom. The summed E-state index contributed by atoms with van der Waals surface area (Å²) >= 11 is 1.57. The zero-order valence-corrected chi connectivity index (χ0v) is 15.1. The molecule has 1 aliphatic rings. The quantitative estimate of drug-likeness (QED) is 0.879. The Hall–Kier alpha value is -2.06. The van der Waals surface area contributed by atoms with Gasteiger partial charge >= 0.3 is 0 Å². The number of nitrogens with one attached hydrogen (secondary N) is 1. The number of likely N-dealkylation sites (tertiary alicyclic amines) is 1. The summed E-state index contributed by atoms with van der Waals surface area (Å²) in [7, 11) is 1.70. The first-order chi connectivity index (χ1) is 11.9. The molecule has 0 unspecified atom stereocenters. The summed E-state index contributed by atoms with van der Waals surface area (Å²) in [6, 6.07) is 2.80. The lowest BCUT2D eigenvalue weighted by Gasteiger charge is -2.28. The number of pyridine rings is 1. The summed E-state index contributed by atoms with van der Waals surface area (Å²) in [5, 5.41) is 0. The SMILES string of the molecule is Cc1ncsc1CN1C[C@@H](F)C[C@H]1CN(C)C(=O)c1ccc(=O)[nH]c1. The van der Waals surface area contributed by atoms with Crippen LogP contribution in [-0.2, 0) is 6.54 Å². The maximum atomic E-state index is 14.0. The first kappa shape index (κ1) is 17.8. The highest BCUT2D eigenvalue weighted by atomic mass is 32.1. The number of hydrogen-bond acceptors (Lipinski definition) is 5. The standard InChI is InChI=1S/C17H21FN4O2S/c1-11-15(25-10-20-11)9-22-7-13(18)5-14(22)8-21(2)17(24)12-3-4-16(23)19-6-12/h3-4,6,10,13-14H,5,7-9H2,1-2H3,(H,19,23)/t13-,14-/m0/s1. The molecule has 0 bridgehead atoms. The minimum atomic E-state index is -0.880. The van der Waals surface area contributed by atoms with Gasteiger partial charge in [-0.25, -0.2) is 9.37 Å². The van der Waals surface area contributed by atoms with Crippen molar-refractivity contribution in [1.82, 2.24) is 19.8 Å². The lowest BCUT2D eigenvalue weighted by atomic mass is 10.1. The molecule has 0 saturated carbocycles. The van der Waals surface area contributed by atoms with Crippen molar-refractivity contribution >= 4 is 17.2 Å². The van der Waals surface area contributed by atoms with Crippen molar-refractivity contribution in [2.45, 2.75) is 32.1 Å². The van der Waals surface area contributed by atoms with Crippen LogP contribution < -0.4 is 5.56 Å². The Bertz CT molecular complexity index is 785. The third kappa shape index (κ3) is 4.13. The fourth-order valence-electron chi connectivity index (χ4n) is 3.13. The van der Waals surface area contributed by atoms with Gasteiger partial charge in [-0.1, -0.05) is 0 Å². The molecule has 6 nitrogen and oxygen atoms in total. The fraction of sp³-hybridized carbons (Fsp3) is 0.471. The van der Waals surface area contributed by atoms with Crippen molar-refractivity contribution in [3.8, 4) is 0 Å². The number of H-pyrrole nitrogens is 1. The number of amides is 1. The van der Waals surface area contributed by atoms with Gasteiger partial charge in [0.05, 0.1) is 16.8 Å². The fourth-order valence-corrected chi connectivity index (χ4v) is 3.93. The maximum Gasteiger partial charge on any atom is 0.255 e. The number of carbonyl (C=O) groups is 1. The molecule has 1 aliphatic heterocycles. The molecule has 8 heteroatoms. The highest BCUT2D eigenvalue weighted by Crippen LogP contribution is 2.25. The van der Waals surface area contributed by atoms with Gasteiger partial charge in [0.2, 0.25) is 5.56 Å². The van der Waals surface area contributed by atoms with E-state index in [-0.39, 0.29) is 17.5 Å². The molecule has 2 aromatic heterocycles. The van der Waals surface area contributed by atoms with Crippen LogP contribution in [0.1, 0.15) is 27.3 Å². The van der Waals surface area contributed by atoms with Crippen LogP contribution in [0.5, 0.6) is 0 Å². The van der Waals surface area contributed by atoms with E-state index in [1.54, 1.807) is 28.8 Å². The van der Waals surface area contributed by atoms with E-state index >= 15 is 0 Å². The second kappa shape index (κ2) is 7.45. The van der Waals surface area contributed by atoms with Gasteiger partial charge in [-0.2, -0.15) is 0 Å². The van der Waals surface area contributed by atoms with Crippen molar-refractivity contribution in [3.63, 3.8) is 0 Å².